The van der Waals surface area contributed by atoms with Gasteiger partial charge < -0.3 is 20.2 Å². The summed E-state index contributed by atoms with van der Waals surface area (Å²) in [6.45, 7) is 4.72. The van der Waals surface area contributed by atoms with Crippen LogP contribution < -0.4 is 5.32 Å². The van der Waals surface area contributed by atoms with Gasteiger partial charge in [-0.25, -0.2) is 14.0 Å². The number of alkyl halides is 6. The molecule has 0 aromatic heterocycles. The third-order valence-corrected chi connectivity index (χ3v) is 6.93. The van der Waals surface area contributed by atoms with Gasteiger partial charge in [0.05, 0.1) is 22.7 Å². The number of likely N-dealkylation sites (tertiary alicyclic amines) is 1. The number of hydrogen-bond acceptors (Lipinski definition) is 2. The highest BCUT2D eigenvalue weighted by molar-refractivity contribution is 5.75. The van der Waals surface area contributed by atoms with Crippen molar-refractivity contribution >= 4 is 12.1 Å². The molecule has 1 aliphatic heterocycles. The zero-order valence-corrected chi connectivity index (χ0v) is 21.7. The molecular weight excluding hydrogens is 547 g/mol. The topological polar surface area (TPSA) is 72.9 Å². The molecule has 6 nitrogen and oxygen atoms in total. The van der Waals surface area contributed by atoms with Crippen LogP contribution in [-0.4, -0.2) is 46.2 Å². The van der Waals surface area contributed by atoms with Crippen LogP contribution in [0.4, 0.5) is 40.3 Å². The summed E-state index contributed by atoms with van der Waals surface area (Å²) in [5.41, 5.74) is -3.39. The lowest BCUT2D eigenvalue weighted by molar-refractivity contribution is -0.143. The van der Waals surface area contributed by atoms with Crippen LogP contribution in [0.25, 0.3) is 0 Å². The van der Waals surface area contributed by atoms with Crippen LogP contribution in [0.2, 0.25) is 0 Å². The fourth-order valence-electron chi connectivity index (χ4n) is 5.12. The SMILES string of the molecule is C=CC[C@]1(NC(=O)O)CCN(C(=O)N(C)Cc2cc(C(F)(F)F)cc(C(F)(F)F)c2)[C@@H](c2ccc(F)cc2C)C1. The Balaban J connectivity index is 1.98. The molecule has 218 valence electrons. The molecule has 13 heteroatoms. The van der Waals surface area contributed by atoms with Crippen molar-refractivity contribution in [2.75, 3.05) is 13.6 Å². The monoisotopic (exact) mass is 575 g/mol. The number of piperidine rings is 1. The third kappa shape index (κ3) is 7.05. The van der Waals surface area contributed by atoms with Gasteiger partial charge in [0.15, 0.2) is 0 Å². The fraction of sp³-hybridized carbons (Fsp3) is 0.407. The minimum absolute atomic E-state index is 0.00479. The molecule has 2 aromatic carbocycles. The molecule has 0 unspecified atom stereocenters. The van der Waals surface area contributed by atoms with Crippen molar-refractivity contribution in [3.05, 3.63) is 82.7 Å². The quantitative estimate of drug-likeness (QED) is 0.284. The molecule has 0 bridgehead atoms. The largest absolute Gasteiger partial charge is 0.465 e. The van der Waals surface area contributed by atoms with Gasteiger partial charge in [0.25, 0.3) is 0 Å². The number of benzene rings is 2. The van der Waals surface area contributed by atoms with Crippen LogP contribution in [-0.2, 0) is 18.9 Å². The van der Waals surface area contributed by atoms with E-state index in [0.29, 0.717) is 23.3 Å². The van der Waals surface area contributed by atoms with Crippen molar-refractivity contribution in [2.45, 2.75) is 56.7 Å². The van der Waals surface area contributed by atoms with Gasteiger partial charge in [-0.05, 0) is 73.2 Å². The molecule has 2 aromatic rings. The molecule has 2 atom stereocenters. The van der Waals surface area contributed by atoms with Gasteiger partial charge in [0.1, 0.15) is 5.82 Å². The highest BCUT2D eigenvalue weighted by Gasteiger charge is 2.44. The third-order valence-electron chi connectivity index (χ3n) is 6.93. The van der Waals surface area contributed by atoms with Gasteiger partial charge in [-0.2, -0.15) is 26.3 Å². The maximum Gasteiger partial charge on any atom is 0.416 e. The molecule has 3 amide bonds. The number of rotatable bonds is 6. The number of nitrogens with zero attached hydrogens (tertiary/aromatic N) is 2. The van der Waals surface area contributed by atoms with E-state index in [2.05, 4.69) is 11.9 Å². The number of carbonyl (C=O) groups is 2. The van der Waals surface area contributed by atoms with Crippen molar-refractivity contribution in [3.63, 3.8) is 0 Å². The fourth-order valence-corrected chi connectivity index (χ4v) is 5.12. The highest BCUT2D eigenvalue weighted by Crippen LogP contribution is 2.41. The van der Waals surface area contributed by atoms with Crippen LogP contribution in [0.5, 0.6) is 0 Å². The first-order chi connectivity index (χ1) is 18.5. The van der Waals surface area contributed by atoms with E-state index in [9.17, 15) is 45.4 Å². The van der Waals surface area contributed by atoms with E-state index in [1.165, 1.54) is 36.2 Å². The standard InChI is InChI=1S/C27H28F7N3O3/c1-4-7-25(35-23(38)39)8-9-37(22(14-25)21-6-5-20(28)10-16(21)2)24(40)36(3)15-17-11-18(26(29,30)31)13-19(12-17)27(32,33)34/h4-6,10-13,22,35H,1,7-9,14-15H2,2-3H3,(H,38,39)/t22-,25+/m1/s1. The Morgan fingerprint density at radius 2 is 1.73 bits per heavy atom. The first-order valence-electron chi connectivity index (χ1n) is 12.1. The summed E-state index contributed by atoms with van der Waals surface area (Å²) in [6.07, 6.45) is -9.40. The van der Waals surface area contributed by atoms with Gasteiger partial charge >= 0.3 is 24.5 Å². The van der Waals surface area contributed by atoms with Crippen LogP contribution in [0.3, 0.4) is 0 Å². The number of halogens is 7. The average Bonchev–Trinajstić information content (AvgIpc) is 2.82. The average molecular weight is 576 g/mol. The molecule has 0 radical (unpaired) electrons. The molecule has 0 saturated carbocycles. The van der Waals surface area contributed by atoms with E-state index < -0.39 is 59.5 Å². The van der Waals surface area contributed by atoms with Gasteiger partial charge in [-0.15, -0.1) is 6.58 Å². The predicted octanol–water partition coefficient (Wildman–Crippen LogP) is 7.14. The van der Waals surface area contributed by atoms with Crippen LogP contribution in [0.1, 0.15) is 53.1 Å². The Bertz CT molecular complexity index is 1250. The van der Waals surface area contributed by atoms with Crippen LogP contribution >= 0.6 is 0 Å². The number of carboxylic acid groups (broad SMARTS) is 1. The Kier molecular flexibility index (Phi) is 8.75. The molecule has 40 heavy (non-hydrogen) atoms. The van der Waals surface area contributed by atoms with E-state index in [4.69, 9.17) is 0 Å². The predicted molar refractivity (Wildman–Crippen MR) is 132 cm³/mol. The van der Waals surface area contributed by atoms with Crippen molar-refractivity contribution in [3.8, 4) is 0 Å². The Morgan fingerprint density at radius 3 is 2.23 bits per heavy atom. The number of urea groups is 1. The Hall–Kier alpha value is -3.77. The molecular formula is C27H28F7N3O3. The van der Waals surface area contributed by atoms with E-state index >= 15 is 0 Å². The minimum atomic E-state index is -5.04. The van der Waals surface area contributed by atoms with Crippen molar-refractivity contribution in [1.82, 2.24) is 15.1 Å². The molecule has 1 heterocycles. The summed E-state index contributed by atoms with van der Waals surface area (Å²) in [5.74, 6) is -0.530. The second-order valence-electron chi connectivity index (χ2n) is 9.92. The number of aryl methyl sites for hydroxylation is 1. The van der Waals surface area contributed by atoms with Crippen LogP contribution in [0, 0.1) is 12.7 Å². The highest BCUT2D eigenvalue weighted by atomic mass is 19.4. The number of carbonyl (C=O) groups excluding carboxylic acids is 1. The minimum Gasteiger partial charge on any atom is -0.465 e. The Labute approximate surface area is 226 Å². The van der Waals surface area contributed by atoms with E-state index in [-0.39, 0.29) is 37.4 Å². The Morgan fingerprint density at radius 1 is 1.12 bits per heavy atom. The van der Waals surface area contributed by atoms with Gasteiger partial charge in [-0.3, -0.25) is 0 Å². The molecule has 0 aliphatic carbocycles. The number of amides is 3. The maximum absolute atomic E-state index is 13.9. The second-order valence-corrected chi connectivity index (χ2v) is 9.92. The van der Waals surface area contributed by atoms with Crippen molar-refractivity contribution in [2.24, 2.45) is 0 Å². The van der Waals surface area contributed by atoms with E-state index in [1.807, 2.05) is 0 Å². The molecule has 1 saturated heterocycles. The molecule has 2 N–H and O–H groups in total. The first kappa shape index (κ1) is 30.8. The summed E-state index contributed by atoms with van der Waals surface area (Å²) in [5, 5.41) is 12.0. The zero-order valence-electron chi connectivity index (χ0n) is 21.7. The first-order valence-corrected chi connectivity index (χ1v) is 12.1. The van der Waals surface area contributed by atoms with Crippen LogP contribution in [0.15, 0.2) is 49.1 Å². The summed E-state index contributed by atoms with van der Waals surface area (Å²) in [4.78, 5) is 27.5. The summed E-state index contributed by atoms with van der Waals surface area (Å²) < 4.78 is 93.8. The van der Waals surface area contributed by atoms with Gasteiger partial charge in [-0.1, -0.05) is 12.1 Å². The number of hydrogen-bond donors (Lipinski definition) is 2. The summed E-state index contributed by atoms with van der Waals surface area (Å²) in [7, 11) is 1.24. The van der Waals surface area contributed by atoms with Gasteiger partial charge in [0, 0.05) is 20.1 Å². The number of nitrogens with one attached hydrogen (secondary N) is 1. The second kappa shape index (κ2) is 11.4. The molecule has 0 spiro atoms. The summed E-state index contributed by atoms with van der Waals surface area (Å²) >= 11 is 0. The lowest BCUT2D eigenvalue weighted by Crippen LogP contribution is -2.58. The normalized spacial score (nSPS) is 19.7. The maximum atomic E-state index is 13.9. The van der Waals surface area contributed by atoms with E-state index in [1.54, 1.807) is 6.92 Å². The lowest BCUT2D eigenvalue weighted by atomic mass is 9.78. The molecule has 1 aliphatic rings. The lowest BCUT2D eigenvalue weighted by Gasteiger charge is -2.47. The smallest absolute Gasteiger partial charge is 0.416 e. The van der Waals surface area contributed by atoms with Crippen molar-refractivity contribution in [1.29, 1.82) is 0 Å². The zero-order chi connectivity index (χ0) is 30.0. The van der Waals surface area contributed by atoms with E-state index in [0.717, 1.165) is 4.90 Å². The molecule has 1 fully saturated rings. The molecule has 3 rings (SSSR count). The van der Waals surface area contributed by atoms with Gasteiger partial charge in [0.2, 0.25) is 0 Å². The summed E-state index contributed by atoms with van der Waals surface area (Å²) in [6, 6.07) is 3.53. The van der Waals surface area contributed by atoms with Crippen molar-refractivity contribution < 1.29 is 45.4 Å².